The van der Waals surface area contributed by atoms with Gasteiger partial charge in [-0.1, -0.05) is 143 Å². The predicted molar refractivity (Wildman–Crippen MR) is 228 cm³/mol. The van der Waals surface area contributed by atoms with E-state index in [-0.39, 0.29) is 25.8 Å². The van der Waals surface area contributed by atoms with Crippen molar-refractivity contribution in [1.29, 1.82) is 0 Å². The lowest BCUT2D eigenvalue weighted by Crippen LogP contribution is -2.66. The monoisotopic (exact) mass is 859 g/mol. The number of rotatable bonds is 34. The molecule has 0 aromatic rings. The number of hydrogen-bond donors (Lipinski definition) is 8. The minimum Gasteiger partial charge on any atom is -0.394 e. The second-order valence-electron chi connectivity index (χ2n) is 17.5. The van der Waals surface area contributed by atoms with Crippen molar-refractivity contribution in [3.8, 4) is 0 Å². The molecular formula is C44H82N4O12. The van der Waals surface area contributed by atoms with Gasteiger partial charge in [0.1, 0.15) is 36.4 Å². The van der Waals surface area contributed by atoms with Gasteiger partial charge in [-0.3, -0.25) is 24.0 Å². The van der Waals surface area contributed by atoms with E-state index >= 15 is 0 Å². The molecule has 16 nitrogen and oxygen atoms in total. The Balaban J connectivity index is 2.34. The number of unbranched alkanes of at least 4 members (excludes halogenated alkanes) is 18. The molecule has 1 rings (SSSR count). The van der Waals surface area contributed by atoms with Crippen molar-refractivity contribution in [3.63, 3.8) is 0 Å². The van der Waals surface area contributed by atoms with Gasteiger partial charge in [0.2, 0.25) is 17.7 Å². The van der Waals surface area contributed by atoms with Gasteiger partial charge in [0.15, 0.2) is 6.29 Å². The first-order valence-corrected chi connectivity index (χ1v) is 22.8. The highest BCUT2D eigenvalue weighted by atomic mass is 16.6. The Labute approximate surface area is 359 Å². The third-order valence-electron chi connectivity index (χ3n) is 10.9. The molecule has 0 spiro atoms. The molecule has 1 saturated heterocycles. The first-order valence-electron chi connectivity index (χ1n) is 22.8. The summed E-state index contributed by atoms with van der Waals surface area (Å²) in [6, 6.07) is -3.76. The molecule has 1 aliphatic heterocycles. The quantitative estimate of drug-likeness (QED) is 0.0260. The van der Waals surface area contributed by atoms with Crippen molar-refractivity contribution < 1.29 is 58.6 Å². The molecule has 16 heteroatoms. The van der Waals surface area contributed by atoms with E-state index in [0.717, 1.165) is 19.3 Å². The lowest BCUT2D eigenvalue weighted by atomic mass is 9.92. The Hall–Kier alpha value is -2.73. The smallest absolute Gasteiger partial charge is 0.313 e. The van der Waals surface area contributed by atoms with Crippen LogP contribution in [0.1, 0.15) is 176 Å². The van der Waals surface area contributed by atoms with Gasteiger partial charge in [0, 0.05) is 24.8 Å². The fraction of sp³-hybridized carbons (Fsp3) is 0.886. The number of nitrogens with two attached hydrogens (primary N) is 1. The topological polar surface area (TPSA) is 256 Å². The fourth-order valence-corrected chi connectivity index (χ4v) is 7.03. The van der Waals surface area contributed by atoms with E-state index in [4.69, 9.17) is 19.9 Å². The van der Waals surface area contributed by atoms with E-state index in [1.54, 1.807) is 27.7 Å². The zero-order valence-corrected chi connectivity index (χ0v) is 37.4. The van der Waals surface area contributed by atoms with E-state index < -0.39 is 97.1 Å². The Kier molecular flexibility index (Phi) is 29.5. The largest absolute Gasteiger partial charge is 0.394 e. The summed E-state index contributed by atoms with van der Waals surface area (Å²) in [7, 11) is 0. The van der Waals surface area contributed by atoms with Gasteiger partial charge in [-0.25, -0.2) is 0 Å². The van der Waals surface area contributed by atoms with Crippen LogP contribution in [-0.2, 0) is 38.2 Å². The van der Waals surface area contributed by atoms with Crippen LogP contribution in [-0.4, -0.2) is 119 Å². The SMILES string of the molecule is CCCCCCCCCCCCCCCCCCCCCC(=O)OC(=O)CC[C@@H](NC(=O)[C@H](CO)NCC(C)O[C@H]1[C@H](O)[C@@H](CO)O[C@H](O)[C@@H]1NC(=O)C(C)(C)C)C(N)=O. The Morgan fingerprint density at radius 2 is 1.22 bits per heavy atom. The van der Waals surface area contributed by atoms with Crippen LogP contribution in [0.2, 0.25) is 0 Å². The molecule has 0 aromatic carbocycles. The van der Waals surface area contributed by atoms with Gasteiger partial charge >= 0.3 is 11.9 Å². The molecular weight excluding hydrogens is 776 g/mol. The highest BCUT2D eigenvalue weighted by molar-refractivity contribution is 5.90. The average Bonchev–Trinajstić information content (AvgIpc) is 3.19. The molecule has 60 heavy (non-hydrogen) atoms. The van der Waals surface area contributed by atoms with Crippen molar-refractivity contribution in [2.45, 2.75) is 225 Å². The number of nitrogens with one attached hydrogen (secondary N) is 3. The maximum absolute atomic E-state index is 13.0. The Bertz CT molecular complexity index is 1220. The molecule has 1 fully saturated rings. The minimum absolute atomic E-state index is 0.0856. The summed E-state index contributed by atoms with van der Waals surface area (Å²) in [6.45, 7) is 7.39. The number of amides is 3. The lowest BCUT2D eigenvalue weighted by molar-refractivity contribution is -0.267. The molecule has 1 heterocycles. The van der Waals surface area contributed by atoms with Crippen LogP contribution in [0.3, 0.4) is 0 Å². The molecule has 0 aromatic heterocycles. The number of aliphatic hydroxyl groups excluding tert-OH is 4. The summed E-state index contributed by atoms with van der Waals surface area (Å²) in [6.07, 6.45) is 16.8. The second-order valence-corrected chi connectivity index (χ2v) is 17.5. The maximum Gasteiger partial charge on any atom is 0.313 e. The van der Waals surface area contributed by atoms with Crippen LogP contribution in [0, 0.1) is 5.41 Å². The molecule has 350 valence electrons. The summed E-state index contributed by atoms with van der Waals surface area (Å²) in [4.78, 5) is 62.4. The van der Waals surface area contributed by atoms with Gasteiger partial charge in [-0.2, -0.15) is 0 Å². The first-order chi connectivity index (χ1) is 28.5. The first kappa shape index (κ1) is 55.3. The summed E-state index contributed by atoms with van der Waals surface area (Å²) in [5.41, 5.74) is 4.62. The fourth-order valence-electron chi connectivity index (χ4n) is 7.03. The normalized spacial score (nSPS) is 20.9. The molecule has 1 unspecified atom stereocenters. The number of ether oxygens (including phenoxy) is 3. The number of carbonyl (C=O) groups is 5. The van der Waals surface area contributed by atoms with Crippen LogP contribution < -0.4 is 21.7 Å². The number of esters is 2. The van der Waals surface area contributed by atoms with E-state index in [2.05, 4.69) is 22.9 Å². The molecule has 0 bridgehead atoms. The zero-order valence-electron chi connectivity index (χ0n) is 37.4. The van der Waals surface area contributed by atoms with Crippen LogP contribution in [0.5, 0.6) is 0 Å². The van der Waals surface area contributed by atoms with E-state index in [1.165, 1.54) is 96.3 Å². The van der Waals surface area contributed by atoms with Crippen molar-refractivity contribution in [2.75, 3.05) is 19.8 Å². The minimum atomic E-state index is -1.61. The van der Waals surface area contributed by atoms with Crippen molar-refractivity contribution in [1.82, 2.24) is 16.0 Å². The highest BCUT2D eigenvalue weighted by Gasteiger charge is 2.47. The number of hydrogen-bond acceptors (Lipinski definition) is 13. The third kappa shape index (κ3) is 24.1. The standard InChI is InChI=1S/C44H82N4O12/c1-6-7-8-9-10-11-12-13-14-15-16-17-18-19-20-21-22-23-24-25-35(51)60-36(52)27-26-32(40(45)54)47-41(55)33(29-49)46-28-31(2)58-39-37(48-43(57)44(3,4)5)42(56)59-34(30-50)38(39)53/h31-34,37-39,42,46,49-50,53,56H,6-30H2,1-5H3,(H2,45,54)(H,47,55)(H,48,57)/t31?,32-,33+,34-,37-,38-,39-,42+/m1/s1. The molecule has 0 saturated carbocycles. The highest BCUT2D eigenvalue weighted by Crippen LogP contribution is 2.25. The number of aliphatic hydroxyl groups is 4. The van der Waals surface area contributed by atoms with E-state index in [9.17, 15) is 44.4 Å². The summed E-state index contributed by atoms with van der Waals surface area (Å²) >= 11 is 0. The molecule has 0 aliphatic carbocycles. The van der Waals surface area contributed by atoms with Crippen LogP contribution in [0.4, 0.5) is 0 Å². The molecule has 8 atom stereocenters. The molecule has 9 N–H and O–H groups in total. The van der Waals surface area contributed by atoms with Crippen molar-refractivity contribution in [3.05, 3.63) is 0 Å². The van der Waals surface area contributed by atoms with Gasteiger partial charge in [0.25, 0.3) is 0 Å². The van der Waals surface area contributed by atoms with E-state index in [1.807, 2.05) is 0 Å². The van der Waals surface area contributed by atoms with Crippen LogP contribution in [0.25, 0.3) is 0 Å². The lowest BCUT2D eigenvalue weighted by Gasteiger charge is -2.44. The van der Waals surface area contributed by atoms with Crippen molar-refractivity contribution >= 4 is 29.7 Å². The Morgan fingerprint density at radius 3 is 1.67 bits per heavy atom. The van der Waals surface area contributed by atoms with Crippen molar-refractivity contribution in [2.24, 2.45) is 11.1 Å². The predicted octanol–water partition coefficient (Wildman–Crippen LogP) is 3.95. The summed E-state index contributed by atoms with van der Waals surface area (Å²) in [5, 5.41) is 48.8. The molecule has 1 aliphatic rings. The Morgan fingerprint density at radius 1 is 0.733 bits per heavy atom. The number of carbonyl (C=O) groups excluding carboxylic acids is 5. The van der Waals surface area contributed by atoms with Crippen LogP contribution in [0.15, 0.2) is 0 Å². The second kappa shape index (κ2) is 32.0. The van der Waals surface area contributed by atoms with E-state index in [0.29, 0.717) is 6.42 Å². The van der Waals surface area contributed by atoms with Gasteiger partial charge < -0.3 is 56.3 Å². The third-order valence-corrected chi connectivity index (χ3v) is 10.9. The van der Waals surface area contributed by atoms with Gasteiger partial charge in [-0.15, -0.1) is 0 Å². The molecule has 0 radical (unpaired) electrons. The average molecular weight is 859 g/mol. The summed E-state index contributed by atoms with van der Waals surface area (Å²) in [5.74, 6) is -3.68. The van der Waals surface area contributed by atoms with Crippen LogP contribution >= 0.6 is 0 Å². The number of primary amides is 1. The van der Waals surface area contributed by atoms with Gasteiger partial charge in [0.05, 0.1) is 19.3 Å². The zero-order chi connectivity index (χ0) is 44.9. The maximum atomic E-state index is 13.0. The van der Waals surface area contributed by atoms with Gasteiger partial charge in [-0.05, 0) is 19.8 Å². The molecule has 3 amide bonds. The summed E-state index contributed by atoms with van der Waals surface area (Å²) < 4.78 is 16.1.